The van der Waals surface area contributed by atoms with E-state index in [2.05, 4.69) is 10.0 Å². The quantitative estimate of drug-likeness (QED) is 0.700. The van der Waals surface area contributed by atoms with Gasteiger partial charge in [-0.3, -0.25) is 14.3 Å². The van der Waals surface area contributed by atoms with Gasteiger partial charge in [0.05, 0.1) is 11.5 Å². The summed E-state index contributed by atoms with van der Waals surface area (Å²) in [6.07, 6.45) is 0.690. The maximum absolute atomic E-state index is 12.6. The van der Waals surface area contributed by atoms with E-state index in [1.54, 1.807) is 35.2 Å². The molecule has 0 unspecified atom stereocenters. The van der Waals surface area contributed by atoms with Gasteiger partial charge in [0.2, 0.25) is 5.91 Å². The zero-order valence-electron chi connectivity index (χ0n) is 16.9. The number of amides is 2. The average Bonchev–Trinajstić information content (AvgIpc) is 3.17. The van der Waals surface area contributed by atoms with E-state index in [4.69, 9.17) is 4.74 Å². The monoisotopic (exact) mass is 431 g/mol. The summed E-state index contributed by atoms with van der Waals surface area (Å²) in [5.41, 5.74) is 0.622. The highest BCUT2D eigenvalue weighted by Crippen LogP contribution is 2.20. The first-order chi connectivity index (χ1) is 14.3. The van der Waals surface area contributed by atoms with Gasteiger partial charge in [0.25, 0.3) is 15.9 Å². The van der Waals surface area contributed by atoms with Crippen LogP contribution in [-0.2, 0) is 14.8 Å². The lowest BCUT2D eigenvalue weighted by Gasteiger charge is -2.15. The Balaban J connectivity index is 1.67. The van der Waals surface area contributed by atoms with E-state index in [0.29, 0.717) is 37.4 Å². The third kappa shape index (κ3) is 5.29. The summed E-state index contributed by atoms with van der Waals surface area (Å²) < 4.78 is 33.1. The zero-order valence-corrected chi connectivity index (χ0v) is 17.7. The number of sulfonamides is 1. The molecule has 1 atom stereocenters. The van der Waals surface area contributed by atoms with Crippen LogP contribution >= 0.6 is 0 Å². The van der Waals surface area contributed by atoms with Crippen molar-refractivity contribution in [2.45, 2.75) is 31.2 Å². The van der Waals surface area contributed by atoms with E-state index in [9.17, 15) is 18.0 Å². The second-order valence-corrected chi connectivity index (χ2v) is 8.70. The average molecular weight is 432 g/mol. The highest BCUT2D eigenvalue weighted by atomic mass is 32.2. The number of ether oxygens (including phenoxy) is 1. The molecule has 3 rings (SSSR count). The molecule has 1 fully saturated rings. The zero-order chi connectivity index (χ0) is 21.7. The molecule has 2 amide bonds. The van der Waals surface area contributed by atoms with Gasteiger partial charge in [-0.2, -0.15) is 0 Å². The fraction of sp³-hybridized carbons (Fsp3) is 0.333. The molecule has 160 valence electrons. The van der Waals surface area contributed by atoms with Gasteiger partial charge in [0.15, 0.2) is 0 Å². The minimum absolute atomic E-state index is 0.0163. The summed E-state index contributed by atoms with van der Waals surface area (Å²) in [6, 6.07) is 12.3. The molecule has 1 aliphatic rings. The van der Waals surface area contributed by atoms with Crippen molar-refractivity contribution in [2.24, 2.45) is 0 Å². The first kappa shape index (κ1) is 21.6. The van der Waals surface area contributed by atoms with Gasteiger partial charge in [-0.15, -0.1) is 0 Å². The summed E-state index contributed by atoms with van der Waals surface area (Å²) in [5, 5.41) is 2.90. The standard InChI is InChI=1S/C21H25N3O5S/c1-3-29-19-7-9-20(10-8-19)30(27,28)23-17-6-4-5-16(13-17)21(26)22-18-11-12-24(14-18)15(2)25/h4-10,13,18,23H,3,11-12,14H2,1-2H3,(H,22,26)/t18-/m0/s1. The molecule has 8 nitrogen and oxygen atoms in total. The van der Waals surface area contributed by atoms with E-state index >= 15 is 0 Å². The lowest BCUT2D eigenvalue weighted by Crippen LogP contribution is -2.38. The SMILES string of the molecule is CCOc1ccc(S(=O)(=O)Nc2cccc(C(=O)N[C@H]3CCN(C(C)=O)C3)c2)cc1. The Kier molecular flexibility index (Phi) is 6.61. The number of nitrogens with one attached hydrogen (secondary N) is 2. The molecule has 0 saturated carbocycles. The Morgan fingerprint density at radius 3 is 2.53 bits per heavy atom. The van der Waals surface area contributed by atoms with Crippen LogP contribution in [0.1, 0.15) is 30.6 Å². The van der Waals surface area contributed by atoms with Crippen LogP contribution in [0.5, 0.6) is 5.75 Å². The van der Waals surface area contributed by atoms with E-state index in [0.717, 1.165) is 0 Å². The van der Waals surface area contributed by atoms with Crippen molar-refractivity contribution in [3.63, 3.8) is 0 Å². The lowest BCUT2D eigenvalue weighted by atomic mass is 10.1. The van der Waals surface area contributed by atoms with Crippen LogP contribution in [-0.4, -0.2) is 50.9 Å². The molecule has 2 aromatic rings. The topological polar surface area (TPSA) is 105 Å². The molecule has 0 bridgehead atoms. The Bertz CT molecular complexity index is 1020. The molecule has 1 heterocycles. The van der Waals surface area contributed by atoms with Crippen LogP contribution in [0, 0.1) is 0 Å². The van der Waals surface area contributed by atoms with Crippen LogP contribution < -0.4 is 14.8 Å². The summed E-state index contributed by atoms with van der Waals surface area (Å²) in [5.74, 6) is 0.260. The van der Waals surface area contributed by atoms with Gasteiger partial charge in [-0.25, -0.2) is 8.42 Å². The van der Waals surface area contributed by atoms with Crippen LogP contribution in [0.25, 0.3) is 0 Å². The second kappa shape index (κ2) is 9.17. The maximum atomic E-state index is 12.6. The van der Waals surface area contributed by atoms with Gasteiger partial charge in [-0.05, 0) is 55.8 Å². The predicted octanol–water partition coefficient (Wildman–Crippen LogP) is 2.24. The van der Waals surface area contributed by atoms with Crippen LogP contribution in [0.15, 0.2) is 53.4 Å². The number of anilines is 1. The van der Waals surface area contributed by atoms with Crippen molar-refractivity contribution in [2.75, 3.05) is 24.4 Å². The summed E-state index contributed by atoms with van der Waals surface area (Å²) in [4.78, 5) is 25.8. The summed E-state index contributed by atoms with van der Waals surface area (Å²) >= 11 is 0. The molecule has 30 heavy (non-hydrogen) atoms. The Labute approximate surface area is 176 Å². The number of benzene rings is 2. The third-order valence-electron chi connectivity index (χ3n) is 4.79. The Hall–Kier alpha value is -3.07. The van der Waals surface area contributed by atoms with E-state index in [1.165, 1.54) is 25.1 Å². The van der Waals surface area contributed by atoms with E-state index in [-0.39, 0.29) is 28.4 Å². The Morgan fingerprint density at radius 1 is 1.17 bits per heavy atom. The number of nitrogens with zero attached hydrogens (tertiary/aromatic N) is 1. The maximum Gasteiger partial charge on any atom is 0.261 e. The van der Waals surface area contributed by atoms with Gasteiger partial charge >= 0.3 is 0 Å². The minimum atomic E-state index is -3.81. The minimum Gasteiger partial charge on any atom is -0.494 e. The molecule has 0 aromatic heterocycles. The van der Waals surface area contributed by atoms with Gasteiger partial charge in [0.1, 0.15) is 5.75 Å². The van der Waals surface area contributed by atoms with Gasteiger partial charge in [-0.1, -0.05) is 6.07 Å². The lowest BCUT2D eigenvalue weighted by molar-refractivity contribution is -0.127. The number of hydrogen-bond acceptors (Lipinski definition) is 5. The molecular formula is C21H25N3O5S. The smallest absolute Gasteiger partial charge is 0.261 e. The van der Waals surface area contributed by atoms with Crippen molar-refractivity contribution in [3.05, 3.63) is 54.1 Å². The van der Waals surface area contributed by atoms with Crippen LogP contribution in [0.4, 0.5) is 5.69 Å². The molecule has 0 spiro atoms. The molecule has 0 radical (unpaired) electrons. The highest BCUT2D eigenvalue weighted by Gasteiger charge is 2.25. The van der Waals surface area contributed by atoms with Crippen LogP contribution in [0.3, 0.4) is 0 Å². The Morgan fingerprint density at radius 2 is 1.90 bits per heavy atom. The van der Waals surface area contributed by atoms with Crippen molar-refractivity contribution < 1.29 is 22.7 Å². The normalized spacial score (nSPS) is 16.2. The molecular weight excluding hydrogens is 406 g/mol. The van der Waals surface area contributed by atoms with Gasteiger partial charge in [0, 0.05) is 37.3 Å². The molecule has 2 N–H and O–H groups in total. The van der Waals surface area contributed by atoms with E-state index in [1.807, 2.05) is 6.92 Å². The largest absolute Gasteiger partial charge is 0.494 e. The number of carbonyl (C=O) groups is 2. The first-order valence-corrected chi connectivity index (χ1v) is 11.2. The summed E-state index contributed by atoms with van der Waals surface area (Å²) in [7, 11) is -3.81. The number of hydrogen-bond donors (Lipinski definition) is 2. The van der Waals surface area contributed by atoms with E-state index < -0.39 is 10.0 Å². The molecule has 2 aromatic carbocycles. The predicted molar refractivity (Wildman–Crippen MR) is 113 cm³/mol. The van der Waals surface area contributed by atoms with Crippen LogP contribution in [0.2, 0.25) is 0 Å². The second-order valence-electron chi connectivity index (χ2n) is 7.01. The molecule has 1 saturated heterocycles. The first-order valence-electron chi connectivity index (χ1n) is 9.70. The van der Waals surface area contributed by atoms with Crippen molar-refractivity contribution in [1.29, 1.82) is 0 Å². The summed E-state index contributed by atoms with van der Waals surface area (Å²) in [6.45, 7) is 4.94. The molecule has 0 aliphatic carbocycles. The van der Waals surface area contributed by atoms with Crippen molar-refractivity contribution in [1.82, 2.24) is 10.2 Å². The van der Waals surface area contributed by atoms with Gasteiger partial charge < -0.3 is 15.0 Å². The highest BCUT2D eigenvalue weighted by molar-refractivity contribution is 7.92. The number of likely N-dealkylation sites (tertiary alicyclic amines) is 1. The van der Waals surface area contributed by atoms with Crippen molar-refractivity contribution >= 4 is 27.5 Å². The molecule has 9 heteroatoms. The number of rotatable bonds is 7. The third-order valence-corrected chi connectivity index (χ3v) is 6.19. The number of carbonyl (C=O) groups excluding carboxylic acids is 2. The fourth-order valence-corrected chi connectivity index (χ4v) is 4.30. The van der Waals surface area contributed by atoms with Crippen molar-refractivity contribution in [3.8, 4) is 5.75 Å². The fourth-order valence-electron chi connectivity index (χ4n) is 3.25. The molecule has 1 aliphatic heterocycles.